The van der Waals surface area contributed by atoms with Crippen molar-refractivity contribution in [2.75, 3.05) is 16.9 Å². The van der Waals surface area contributed by atoms with Gasteiger partial charge >= 0.3 is 0 Å². The average molecular weight is 487 g/mol. The molecular formula is C23H22N2O4S3. The topological polar surface area (TPSA) is 80.5 Å². The van der Waals surface area contributed by atoms with E-state index in [2.05, 4.69) is 4.98 Å². The van der Waals surface area contributed by atoms with Gasteiger partial charge in [-0.05, 0) is 55.6 Å². The van der Waals surface area contributed by atoms with E-state index in [1.54, 1.807) is 54.4 Å². The molecule has 0 saturated heterocycles. The lowest BCUT2D eigenvalue weighted by Crippen LogP contribution is -2.31. The largest absolute Gasteiger partial charge is 0.467 e. The van der Waals surface area contributed by atoms with Crippen molar-refractivity contribution in [3.63, 3.8) is 0 Å². The van der Waals surface area contributed by atoms with E-state index in [1.807, 2.05) is 31.4 Å². The molecule has 0 bridgehead atoms. The molecule has 0 fully saturated rings. The van der Waals surface area contributed by atoms with Crippen LogP contribution in [-0.4, -0.2) is 31.3 Å². The molecule has 0 saturated carbocycles. The third kappa shape index (κ3) is 5.06. The molecule has 0 aliphatic carbocycles. The zero-order valence-corrected chi connectivity index (χ0v) is 20.1. The molecule has 0 aliphatic heterocycles. The van der Waals surface area contributed by atoms with Gasteiger partial charge in [0.2, 0.25) is 5.91 Å². The first-order valence-electron chi connectivity index (χ1n) is 9.92. The number of rotatable bonds is 8. The Hall–Kier alpha value is -2.62. The van der Waals surface area contributed by atoms with Crippen molar-refractivity contribution in [3.8, 4) is 0 Å². The number of carbonyl (C=O) groups is 1. The van der Waals surface area contributed by atoms with E-state index in [0.29, 0.717) is 10.9 Å². The molecule has 32 heavy (non-hydrogen) atoms. The minimum atomic E-state index is -3.57. The second-order valence-electron chi connectivity index (χ2n) is 7.27. The Balaban J connectivity index is 1.58. The van der Waals surface area contributed by atoms with Crippen molar-refractivity contribution in [1.29, 1.82) is 0 Å². The molecule has 6 nitrogen and oxygen atoms in total. The summed E-state index contributed by atoms with van der Waals surface area (Å²) < 4.78 is 31.9. The highest BCUT2D eigenvalue weighted by molar-refractivity contribution is 7.98. The molecule has 0 aliphatic rings. The van der Waals surface area contributed by atoms with Crippen LogP contribution in [0.2, 0.25) is 0 Å². The highest BCUT2D eigenvalue weighted by Crippen LogP contribution is 2.33. The van der Waals surface area contributed by atoms with Crippen molar-refractivity contribution < 1.29 is 17.6 Å². The zero-order valence-electron chi connectivity index (χ0n) is 17.6. The molecule has 2 heterocycles. The molecule has 1 amide bonds. The van der Waals surface area contributed by atoms with Crippen molar-refractivity contribution >= 4 is 54.2 Å². The van der Waals surface area contributed by atoms with Crippen LogP contribution >= 0.6 is 23.1 Å². The molecule has 0 atom stereocenters. The Bertz CT molecular complexity index is 1330. The second-order valence-corrected chi connectivity index (χ2v) is 11.3. The van der Waals surface area contributed by atoms with Gasteiger partial charge in [0.15, 0.2) is 15.0 Å². The standard InChI is InChI=1S/C23H22N2O4S3/c1-16-5-8-19(9-6-16)32(27,28)13-11-22(26)25(15-17-4-3-12-29-17)23-24-20-10-7-18(30-2)14-21(20)31-23/h3-10,12,14H,11,13,15H2,1-2H3. The SMILES string of the molecule is CSc1ccc2nc(N(Cc3ccco3)C(=O)CCS(=O)(=O)c3ccc(C)cc3)sc2c1. The summed E-state index contributed by atoms with van der Waals surface area (Å²) in [5, 5.41) is 0.521. The fourth-order valence-electron chi connectivity index (χ4n) is 3.18. The van der Waals surface area contributed by atoms with Gasteiger partial charge in [0, 0.05) is 11.3 Å². The van der Waals surface area contributed by atoms with Crippen LogP contribution in [0.15, 0.2) is 75.1 Å². The Kier molecular flexibility index (Phi) is 6.68. The van der Waals surface area contributed by atoms with Gasteiger partial charge in [0.05, 0.1) is 33.7 Å². The number of furan rings is 1. The van der Waals surface area contributed by atoms with Crippen LogP contribution in [-0.2, 0) is 21.2 Å². The summed E-state index contributed by atoms with van der Waals surface area (Å²) in [5.74, 6) is 0.00969. The fraction of sp³-hybridized carbons (Fsp3) is 0.217. The molecule has 2 aromatic carbocycles. The van der Waals surface area contributed by atoms with E-state index < -0.39 is 9.84 Å². The van der Waals surface area contributed by atoms with Crippen LogP contribution in [0.5, 0.6) is 0 Å². The molecule has 0 unspecified atom stereocenters. The van der Waals surface area contributed by atoms with E-state index in [-0.39, 0.29) is 29.5 Å². The summed E-state index contributed by atoms with van der Waals surface area (Å²) in [7, 11) is -3.57. The second kappa shape index (κ2) is 9.48. The summed E-state index contributed by atoms with van der Waals surface area (Å²) in [4.78, 5) is 20.6. The first-order chi connectivity index (χ1) is 15.4. The highest BCUT2D eigenvalue weighted by atomic mass is 32.2. The van der Waals surface area contributed by atoms with Gasteiger partial charge in [-0.2, -0.15) is 0 Å². The first-order valence-corrected chi connectivity index (χ1v) is 13.6. The van der Waals surface area contributed by atoms with Gasteiger partial charge in [0.1, 0.15) is 5.76 Å². The molecule has 4 aromatic rings. The third-order valence-corrected chi connectivity index (χ3v) is 8.47. The van der Waals surface area contributed by atoms with E-state index in [0.717, 1.165) is 20.7 Å². The Morgan fingerprint density at radius 3 is 2.62 bits per heavy atom. The fourth-order valence-corrected chi connectivity index (χ4v) is 5.94. The van der Waals surface area contributed by atoms with Crippen LogP contribution in [0, 0.1) is 6.92 Å². The summed E-state index contributed by atoms with van der Waals surface area (Å²) in [6.45, 7) is 2.08. The highest BCUT2D eigenvalue weighted by Gasteiger charge is 2.24. The number of anilines is 1. The van der Waals surface area contributed by atoms with Gasteiger partial charge < -0.3 is 4.42 Å². The number of sulfone groups is 1. The van der Waals surface area contributed by atoms with Gasteiger partial charge in [-0.25, -0.2) is 13.4 Å². The number of thiazole rings is 1. The van der Waals surface area contributed by atoms with E-state index in [9.17, 15) is 13.2 Å². The van der Waals surface area contributed by atoms with Crippen molar-refractivity contribution in [3.05, 3.63) is 72.2 Å². The zero-order chi connectivity index (χ0) is 22.7. The van der Waals surface area contributed by atoms with E-state index in [4.69, 9.17) is 4.42 Å². The predicted molar refractivity (Wildman–Crippen MR) is 129 cm³/mol. The molecular weight excluding hydrogens is 464 g/mol. The van der Waals surface area contributed by atoms with Crippen LogP contribution in [0.4, 0.5) is 5.13 Å². The van der Waals surface area contributed by atoms with Gasteiger partial charge in [-0.3, -0.25) is 9.69 Å². The molecule has 0 spiro atoms. The van der Waals surface area contributed by atoms with Crippen LogP contribution in [0.1, 0.15) is 17.7 Å². The number of aryl methyl sites for hydroxylation is 1. The Morgan fingerprint density at radius 1 is 1.16 bits per heavy atom. The lowest BCUT2D eigenvalue weighted by molar-refractivity contribution is -0.118. The molecule has 166 valence electrons. The summed E-state index contributed by atoms with van der Waals surface area (Å²) >= 11 is 3.04. The first kappa shape index (κ1) is 22.6. The average Bonchev–Trinajstić information content (AvgIpc) is 3.45. The lowest BCUT2D eigenvalue weighted by atomic mass is 10.2. The number of fused-ring (bicyclic) bond motifs is 1. The van der Waals surface area contributed by atoms with Crippen LogP contribution in [0.3, 0.4) is 0 Å². The smallest absolute Gasteiger partial charge is 0.230 e. The molecule has 9 heteroatoms. The number of amides is 1. The Labute approximate surface area is 195 Å². The van der Waals surface area contributed by atoms with E-state index >= 15 is 0 Å². The number of benzene rings is 2. The van der Waals surface area contributed by atoms with Gasteiger partial charge in [-0.1, -0.05) is 29.0 Å². The van der Waals surface area contributed by atoms with Gasteiger partial charge in [0.25, 0.3) is 0 Å². The summed E-state index contributed by atoms with van der Waals surface area (Å²) in [6.07, 6.45) is 3.40. The maximum atomic E-state index is 13.2. The van der Waals surface area contributed by atoms with Crippen LogP contribution < -0.4 is 4.90 Å². The number of aromatic nitrogens is 1. The normalized spacial score (nSPS) is 11.7. The number of hydrogen-bond donors (Lipinski definition) is 0. The maximum Gasteiger partial charge on any atom is 0.230 e. The van der Waals surface area contributed by atoms with Crippen molar-refractivity contribution in [2.24, 2.45) is 0 Å². The predicted octanol–water partition coefficient (Wildman–Crippen LogP) is 5.32. The number of thioether (sulfide) groups is 1. The molecule has 2 aromatic heterocycles. The summed E-state index contributed by atoms with van der Waals surface area (Å²) in [6, 6.07) is 16.1. The molecule has 0 radical (unpaired) electrons. The number of nitrogens with zero attached hydrogens (tertiary/aromatic N) is 2. The monoisotopic (exact) mass is 486 g/mol. The summed E-state index contributed by atoms with van der Waals surface area (Å²) in [5.41, 5.74) is 1.78. The third-order valence-electron chi connectivity index (χ3n) is 4.98. The van der Waals surface area contributed by atoms with E-state index in [1.165, 1.54) is 16.2 Å². The van der Waals surface area contributed by atoms with Crippen molar-refractivity contribution in [1.82, 2.24) is 4.98 Å². The lowest BCUT2D eigenvalue weighted by Gasteiger charge is -2.18. The van der Waals surface area contributed by atoms with Crippen LogP contribution in [0.25, 0.3) is 10.2 Å². The van der Waals surface area contributed by atoms with Crippen molar-refractivity contribution in [2.45, 2.75) is 29.7 Å². The minimum Gasteiger partial charge on any atom is -0.467 e. The maximum absolute atomic E-state index is 13.2. The van der Waals surface area contributed by atoms with Gasteiger partial charge in [-0.15, -0.1) is 11.8 Å². The minimum absolute atomic E-state index is 0.150. The molecule has 0 N–H and O–H groups in total. The Morgan fingerprint density at radius 2 is 1.94 bits per heavy atom. The molecule has 4 rings (SSSR count). The number of hydrogen-bond acceptors (Lipinski definition) is 7. The quantitative estimate of drug-likeness (QED) is 0.314. The number of carbonyl (C=O) groups excluding carboxylic acids is 1.